The summed E-state index contributed by atoms with van der Waals surface area (Å²) in [5.74, 6) is 0.958. The summed E-state index contributed by atoms with van der Waals surface area (Å²) in [7, 11) is 0. The molecule has 0 radical (unpaired) electrons. The Hall–Kier alpha value is -0.840. The molecule has 3 rings (SSSR count). The van der Waals surface area contributed by atoms with Gasteiger partial charge in [0, 0.05) is 21.9 Å². The Balaban J connectivity index is 1.83. The van der Waals surface area contributed by atoms with E-state index in [1.165, 1.54) is 9.77 Å². The maximum absolute atomic E-state index is 13.5. The van der Waals surface area contributed by atoms with Crippen molar-refractivity contribution in [3.05, 3.63) is 52.0 Å². The molecule has 1 N–H and O–H groups in total. The topological polar surface area (TPSA) is 12.0 Å². The Morgan fingerprint density at radius 1 is 1.40 bits per heavy atom. The third kappa shape index (κ3) is 2.92. The van der Waals surface area contributed by atoms with Gasteiger partial charge in [0.05, 0.1) is 0 Å². The summed E-state index contributed by atoms with van der Waals surface area (Å²) >= 11 is 3.62. The van der Waals surface area contributed by atoms with Gasteiger partial charge < -0.3 is 5.32 Å². The van der Waals surface area contributed by atoms with Crippen LogP contribution in [0.1, 0.15) is 42.3 Å². The fraction of sp³-hybridized carbons (Fsp3) is 0.375. The minimum absolute atomic E-state index is 0.137. The van der Waals surface area contributed by atoms with Crippen molar-refractivity contribution >= 4 is 23.1 Å². The van der Waals surface area contributed by atoms with Crippen molar-refractivity contribution < 1.29 is 4.39 Å². The zero-order valence-electron chi connectivity index (χ0n) is 11.4. The molecule has 2 atom stereocenters. The molecule has 20 heavy (non-hydrogen) atoms. The molecule has 0 aliphatic carbocycles. The molecule has 2 heterocycles. The molecule has 0 fully saturated rings. The van der Waals surface area contributed by atoms with Crippen LogP contribution in [-0.4, -0.2) is 5.75 Å². The second-order valence-corrected chi connectivity index (χ2v) is 7.13. The van der Waals surface area contributed by atoms with Gasteiger partial charge >= 0.3 is 0 Å². The van der Waals surface area contributed by atoms with Gasteiger partial charge in [-0.2, -0.15) is 0 Å². The third-order valence-electron chi connectivity index (χ3n) is 3.71. The van der Waals surface area contributed by atoms with E-state index in [1.54, 1.807) is 23.5 Å². The van der Waals surface area contributed by atoms with E-state index in [-0.39, 0.29) is 11.9 Å². The van der Waals surface area contributed by atoms with Crippen molar-refractivity contribution in [2.24, 2.45) is 0 Å². The summed E-state index contributed by atoms with van der Waals surface area (Å²) in [6, 6.07) is 10.1. The van der Waals surface area contributed by atoms with Gasteiger partial charge in [-0.1, -0.05) is 13.0 Å². The van der Waals surface area contributed by atoms with Crippen LogP contribution >= 0.6 is 23.1 Å². The summed E-state index contributed by atoms with van der Waals surface area (Å²) in [5.41, 5.74) is 1.12. The number of thioether (sulfide) groups is 1. The number of benzene rings is 1. The summed E-state index contributed by atoms with van der Waals surface area (Å²) in [6.07, 6.45) is 2.11. The number of hydrogen-bond acceptors (Lipinski definition) is 3. The van der Waals surface area contributed by atoms with Gasteiger partial charge in [-0.15, -0.1) is 23.1 Å². The summed E-state index contributed by atoms with van der Waals surface area (Å²) in [4.78, 5) is 2.58. The third-order valence-corrected chi connectivity index (χ3v) is 5.82. The highest BCUT2D eigenvalue weighted by Gasteiger charge is 2.24. The lowest BCUT2D eigenvalue weighted by atomic mass is 10.0. The minimum atomic E-state index is -0.137. The first-order valence-electron chi connectivity index (χ1n) is 6.99. The van der Waals surface area contributed by atoms with Crippen LogP contribution in [0.2, 0.25) is 0 Å². The lowest BCUT2D eigenvalue weighted by molar-refractivity contribution is 0.423. The Labute approximate surface area is 127 Å². The van der Waals surface area contributed by atoms with Crippen molar-refractivity contribution in [3.63, 3.8) is 0 Å². The molecule has 0 saturated heterocycles. The molecule has 1 aromatic heterocycles. The number of fused-ring (bicyclic) bond motifs is 1. The SMILES string of the molecule is CCC(NC1CCSc2ccc(F)cc21)c1cccs1. The Bertz CT molecular complexity index is 568. The van der Waals surface area contributed by atoms with Gasteiger partial charge in [0.2, 0.25) is 0 Å². The molecule has 1 aliphatic rings. The molecule has 4 heteroatoms. The summed E-state index contributed by atoms with van der Waals surface area (Å²) < 4.78 is 13.5. The summed E-state index contributed by atoms with van der Waals surface area (Å²) in [5, 5.41) is 5.84. The number of halogens is 1. The van der Waals surface area contributed by atoms with E-state index in [4.69, 9.17) is 0 Å². The molecule has 0 amide bonds. The monoisotopic (exact) mass is 307 g/mol. The van der Waals surface area contributed by atoms with Crippen LogP contribution in [0.4, 0.5) is 4.39 Å². The van der Waals surface area contributed by atoms with Crippen molar-refractivity contribution in [3.8, 4) is 0 Å². The highest BCUT2D eigenvalue weighted by atomic mass is 32.2. The van der Waals surface area contributed by atoms with Gasteiger partial charge in [0.25, 0.3) is 0 Å². The summed E-state index contributed by atoms with van der Waals surface area (Å²) in [6.45, 7) is 2.20. The number of rotatable bonds is 4. The van der Waals surface area contributed by atoms with Crippen LogP contribution in [0.3, 0.4) is 0 Å². The van der Waals surface area contributed by atoms with Crippen molar-refractivity contribution in [2.75, 3.05) is 5.75 Å². The second-order valence-electron chi connectivity index (χ2n) is 5.01. The Morgan fingerprint density at radius 2 is 2.30 bits per heavy atom. The molecule has 0 spiro atoms. The van der Waals surface area contributed by atoms with Crippen LogP contribution in [0.15, 0.2) is 40.6 Å². The molecule has 1 nitrogen and oxygen atoms in total. The molecular formula is C16H18FNS2. The first-order chi connectivity index (χ1) is 9.78. The van der Waals surface area contributed by atoms with E-state index in [0.717, 1.165) is 24.2 Å². The van der Waals surface area contributed by atoms with Crippen molar-refractivity contribution in [2.45, 2.75) is 36.7 Å². The van der Waals surface area contributed by atoms with Gasteiger partial charge in [0.15, 0.2) is 0 Å². The van der Waals surface area contributed by atoms with Crippen molar-refractivity contribution in [1.82, 2.24) is 5.32 Å². The van der Waals surface area contributed by atoms with Crippen LogP contribution in [0, 0.1) is 5.82 Å². The molecule has 2 aromatic rings. The molecule has 2 unspecified atom stereocenters. The standard InChI is InChI=1S/C16H18FNS2/c1-2-13(16-4-3-8-19-16)18-14-7-9-20-15-6-5-11(17)10-12(14)15/h3-6,8,10,13-14,18H,2,7,9H2,1H3. The lowest BCUT2D eigenvalue weighted by Gasteiger charge is -2.29. The average Bonchev–Trinajstić information content (AvgIpc) is 2.99. The van der Waals surface area contributed by atoms with Crippen LogP contribution in [0.25, 0.3) is 0 Å². The highest BCUT2D eigenvalue weighted by molar-refractivity contribution is 7.99. The predicted molar refractivity (Wildman–Crippen MR) is 85.0 cm³/mol. The predicted octanol–water partition coefficient (Wildman–Crippen LogP) is 5.17. The molecule has 106 valence electrons. The van der Waals surface area contributed by atoms with E-state index in [1.807, 2.05) is 17.8 Å². The first-order valence-corrected chi connectivity index (χ1v) is 8.86. The van der Waals surface area contributed by atoms with Crippen LogP contribution in [0.5, 0.6) is 0 Å². The normalized spacial score (nSPS) is 19.6. The zero-order chi connectivity index (χ0) is 13.9. The van der Waals surface area contributed by atoms with Crippen molar-refractivity contribution in [1.29, 1.82) is 0 Å². The molecule has 1 aliphatic heterocycles. The minimum Gasteiger partial charge on any atom is -0.302 e. The first kappa shape index (κ1) is 14.1. The quantitative estimate of drug-likeness (QED) is 0.837. The molecular weight excluding hydrogens is 289 g/mol. The maximum Gasteiger partial charge on any atom is 0.123 e. The molecule has 1 aromatic carbocycles. The largest absolute Gasteiger partial charge is 0.302 e. The zero-order valence-corrected chi connectivity index (χ0v) is 13.1. The highest BCUT2D eigenvalue weighted by Crippen LogP contribution is 2.38. The van der Waals surface area contributed by atoms with E-state index in [2.05, 4.69) is 29.8 Å². The Morgan fingerprint density at radius 3 is 3.05 bits per heavy atom. The number of nitrogens with one attached hydrogen (secondary N) is 1. The fourth-order valence-corrected chi connectivity index (χ4v) is 4.65. The van der Waals surface area contributed by atoms with Crippen LogP contribution < -0.4 is 5.32 Å². The lowest BCUT2D eigenvalue weighted by Crippen LogP contribution is -2.28. The Kier molecular flexibility index (Phi) is 4.44. The van der Waals surface area contributed by atoms with Gasteiger partial charge in [-0.05, 0) is 53.8 Å². The van der Waals surface area contributed by atoms with E-state index in [0.29, 0.717) is 6.04 Å². The number of thiophene rings is 1. The number of hydrogen-bond donors (Lipinski definition) is 1. The maximum atomic E-state index is 13.5. The average molecular weight is 307 g/mol. The smallest absolute Gasteiger partial charge is 0.123 e. The van der Waals surface area contributed by atoms with E-state index >= 15 is 0 Å². The van der Waals surface area contributed by atoms with Gasteiger partial charge in [-0.3, -0.25) is 0 Å². The van der Waals surface area contributed by atoms with Gasteiger partial charge in [-0.25, -0.2) is 4.39 Å². The van der Waals surface area contributed by atoms with E-state index < -0.39 is 0 Å². The molecule has 0 saturated carbocycles. The van der Waals surface area contributed by atoms with Crippen LogP contribution in [-0.2, 0) is 0 Å². The van der Waals surface area contributed by atoms with Gasteiger partial charge in [0.1, 0.15) is 5.82 Å². The molecule has 0 bridgehead atoms. The second kappa shape index (κ2) is 6.29. The fourth-order valence-electron chi connectivity index (χ4n) is 2.67. The van der Waals surface area contributed by atoms with E-state index in [9.17, 15) is 4.39 Å².